The lowest BCUT2D eigenvalue weighted by Crippen LogP contribution is -2.39. The van der Waals surface area contributed by atoms with Crippen molar-refractivity contribution in [3.8, 4) is 0 Å². The van der Waals surface area contributed by atoms with Gasteiger partial charge in [-0.3, -0.25) is 14.5 Å². The average Bonchev–Trinajstić information content (AvgIpc) is 1.82. The van der Waals surface area contributed by atoms with Crippen LogP contribution in [-0.4, -0.2) is 23.8 Å². The molecule has 2 amide bonds. The standard InChI is InChI=1S/C7H11NO2/c1-5-3-6(9)8(2)7(10)4-5/h5H,3-4H2,1-2H3. The molecule has 0 atom stereocenters. The van der Waals surface area contributed by atoms with Crippen LogP contribution in [0.25, 0.3) is 0 Å². The summed E-state index contributed by atoms with van der Waals surface area (Å²) < 4.78 is 0. The van der Waals surface area contributed by atoms with Crippen molar-refractivity contribution in [3.63, 3.8) is 0 Å². The third kappa shape index (κ3) is 1.17. The Bertz CT molecular complexity index is 158. The maximum absolute atomic E-state index is 10.9. The highest BCUT2D eigenvalue weighted by Gasteiger charge is 2.26. The first kappa shape index (κ1) is 7.25. The zero-order valence-electron chi connectivity index (χ0n) is 6.26. The third-order valence-corrected chi connectivity index (χ3v) is 1.79. The lowest BCUT2D eigenvalue weighted by atomic mass is 9.98. The highest BCUT2D eigenvalue weighted by Crippen LogP contribution is 2.16. The zero-order chi connectivity index (χ0) is 7.72. The number of imide groups is 1. The SMILES string of the molecule is CC1CC(=O)N(C)C(=O)C1. The minimum Gasteiger partial charge on any atom is -0.286 e. The number of hydrogen-bond acceptors (Lipinski definition) is 2. The summed E-state index contributed by atoms with van der Waals surface area (Å²) in [7, 11) is 1.54. The summed E-state index contributed by atoms with van der Waals surface area (Å²) in [5.41, 5.74) is 0. The fraction of sp³-hybridized carbons (Fsp3) is 0.714. The molecule has 1 rings (SSSR count). The highest BCUT2D eigenvalue weighted by molar-refractivity contribution is 5.97. The molecule has 0 aliphatic carbocycles. The Hall–Kier alpha value is -0.860. The van der Waals surface area contributed by atoms with E-state index in [1.54, 1.807) is 0 Å². The smallest absolute Gasteiger partial charge is 0.229 e. The van der Waals surface area contributed by atoms with E-state index in [-0.39, 0.29) is 17.7 Å². The monoisotopic (exact) mass is 141 g/mol. The van der Waals surface area contributed by atoms with E-state index in [0.29, 0.717) is 12.8 Å². The van der Waals surface area contributed by atoms with Gasteiger partial charge in [0.05, 0.1) is 0 Å². The Balaban J connectivity index is 2.66. The van der Waals surface area contributed by atoms with Crippen molar-refractivity contribution in [2.24, 2.45) is 5.92 Å². The molecule has 0 N–H and O–H groups in total. The van der Waals surface area contributed by atoms with Crippen LogP contribution >= 0.6 is 0 Å². The van der Waals surface area contributed by atoms with Crippen LogP contribution in [0.4, 0.5) is 0 Å². The van der Waals surface area contributed by atoms with E-state index in [0.717, 1.165) is 0 Å². The molecule has 10 heavy (non-hydrogen) atoms. The van der Waals surface area contributed by atoms with Gasteiger partial charge in [-0.25, -0.2) is 0 Å². The molecular weight excluding hydrogens is 130 g/mol. The minimum atomic E-state index is -0.0521. The van der Waals surface area contributed by atoms with E-state index in [4.69, 9.17) is 0 Å². The molecule has 3 heteroatoms. The molecule has 0 spiro atoms. The molecule has 0 radical (unpaired) electrons. The molecule has 56 valence electrons. The maximum Gasteiger partial charge on any atom is 0.229 e. The normalized spacial score (nSPS) is 22.0. The van der Waals surface area contributed by atoms with Crippen LogP contribution in [-0.2, 0) is 9.59 Å². The van der Waals surface area contributed by atoms with Crippen LogP contribution in [0.3, 0.4) is 0 Å². The van der Waals surface area contributed by atoms with Gasteiger partial charge in [-0.1, -0.05) is 6.92 Å². The van der Waals surface area contributed by atoms with Gasteiger partial charge in [0.2, 0.25) is 11.8 Å². The first-order chi connectivity index (χ1) is 4.61. The number of likely N-dealkylation sites (tertiary alicyclic amines) is 1. The molecule has 1 fully saturated rings. The van der Waals surface area contributed by atoms with E-state index < -0.39 is 0 Å². The van der Waals surface area contributed by atoms with Gasteiger partial charge >= 0.3 is 0 Å². The minimum absolute atomic E-state index is 0.0521. The molecular formula is C7H11NO2. The summed E-state index contributed by atoms with van der Waals surface area (Å²) in [6, 6.07) is 0. The van der Waals surface area contributed by atoms with Gasteiger partial charge in [0.1, 0.15) is 0 Å². The van der Waals surface area contributed by atoms with E-state index in [2.05, 4.69) is 0 Å². The van der Waals surface area contributed by atoms with Gasteiger partial charge in [0.15, 0.2) is 0 Å². The van der Waals surface area contributed by atoms with Crippen LogP contribution in [0.5, 0.6) is 0 Å². The van der Waals surface area contributed by atoms with Crippen LogP contribution in [0, 0.1) is 5.92 Å². The number of nitrogens with zero attached hydrogens (tertiary/aromatic N) is 1. The quantitative estimate of drug-likeness (QED) is 0.458. The second kappa shape index (κ2) is 2.40. The lowest BCUT2D eigenvalue weighted by Gasteiger charge is -2.24. The van der Waals surface area contributed by atoms with E-state index in [9.17, 15) is 9.59 Å². The molecule has 0 aromatic heterocycles. The lowest BCUT2D eigenvalue weighted by molar-refractivity contribution is -0.147. The van der Waals surface area contributed by atoms with Crippen molar-refractivity contribution in [2.45, 2.75) is 19.8 Å². The first-order valence-corrected chi connectivity index (χ1v) is 3.40. The van der Waals surface area contributed by atoms with Crippen molar-refractivity contribution < 1.29 is 9.59 Å². The fourth-order valence-corrected chi connectivity index (χ4v) is 1.08. The van der Waals surface area contributed by atoms with Crippen LogP contribution in [0.2, 0.25) is 0 Å². The van der Waals surface area contributed by atoms with E-state index in [1.807, 2.05) is 6.92 Å². The molecule has 1 aliphatic rings. The number of hydrogen-bond donors (Lipinski definition) is 0. The van der Waals surface area contributed by atoms with Crippen molar-refractivity contribution >= 4 is 11.8 Å². The van der Waals surface area contributed by atoms with Gasteiger partial charge in [0, 0.05) is 19.9 Å². The van der Waals surface area contributed by atoms with Crippen molar-refractivity contribution in [3.05, 3.63) is 0 Å². The summed E-state index contributed by atoms with van der Waals surface area (Å²) in [6.07, 6.45) is 1.03. The van der Waals surface area contributed by atoms with E-state index in [1.165, 1.54) is 11.9 Å². The Labute approximate surface area is 60.0 Å². The average molecular weight is 141 g/mol. The predicted octanol–water partition coefficient (Wildman–Crippen LogP) is 0.401. The fourth-order valence-electron chi connectivity index (χ4n) is 1.08. The second-order valence-corrected chi connectivity index (χ2v) is 2.86. The summed E-state index contributed by atoms with van der Waals surface area (Å²) in [5, 5.41) is 0. The Morgan fingerprint density at radius 1 is 1.30 bits per heavy atom. The molecule has 0 unspecified atom stereocenters. The first-order valence-electron chi connectivity index (χ1n) is 3.40. The summed E-state index contributed by atoms with van der Waals surface area (Å²) in [4.78, 5) is 23.0. The Morgan fingerprint density at radius 3 is 2.10 bits per heavy atom. The number of rotatable bonds is 0. The van der Waals surface area contributed by atoms with E-state index >= 15 is 0 Å². The number of piperidine rings is 1. The molecule has 0 saturated carbocycles. The van der Waals surface area contributed by atoms with Crippen molar-refractivity contribution in [1.82, 2.24) is 4.90 Å². The second-order valence-electron chi connectivity index (χ2n) is 2.86. The van der Waals surface area contributed by atoms with Gasteiger partial charge in [-0.05, 0) is 5.92 Å². The van der Waals surface area contributed by atoms with Crippen molar-refractivity contribution in [1.29, 1.82) is 0 Å². The largest absolute Gasteiger partial charge is 0.286 e. The van der Waals surface area contributed by atoms with Gasteiger partial charge in [-0.2, -0.15) is 0 Å². The van der Waals surface area contributed by atoms with Gasteiger partial charge in [0.25, 0.3) is 0 Å². The maximum atomic E-state index is 10.9. The van der Waals surface area contributed by atoms with Crippen LogP contribution in [0.15, 0.2) is 0 Å². The van der Waals surface area contributed by atoms with Crippen LogP contribution in [0.1, 0.15) is 19.8 Å². The molecule has 1 heterocycles. The predicted molar refractivity (Wildman–Crippen MR) is 36.2 cm³/mol. The molecule has 0 aromatic carbocycles. The van der Waals surface area contributed by atoms with Crippen molar-refractivity contribution in [2.75, 3.05) is 7.05 Å². The summed E-state index contributed by atoms with van der Waals surface area (Å²) >= 11 is 0. The molecule has 0 aromatic rings. The molecule has 0 bridgehead atoms. The molecule has 1 aliphatic heterocycles. The number of carbonyl (C=O) groups excluding carboxylic acids is 2. The topological polar surface area (TPSA) is 37.4 Å². The summed E-state index contributed by atoms with van der Waals surface area (Å²) in [5.74, 6) is 0.128. The number of amides is 2. The third-order valence-electron chi connectivity index (χ3n) is 1.79. The Morgan fingerprint density at radius 2 is 1.70 bits per heavy atom. The van der Waals surface area contributed by atoms with Crippen LogP contribution < -0.4 is 0 Å². The van der Waals surface area contributed by atoms with Gasteiger partial charge in [-0.15, -0.1) is 0 Å². The zero-order valence-corrected chi connectivity index (χ0v) is 6.26. The van der Waals surface area contributed by atoms with Gasteiger partial charge < -0.3 is 0 Å². The molecule has 1 saturated heterocycles. The Kier molecular flexibility index (Phi) is 1.74. The molecule has 3 nitrogen and oxygen atoms in total. The number of carbonyl (C=O) groups is 2. The summed E-state index contributed by atoms with van der Waals surface area (Å²) in [6.45, 7) is 1.92. The highest BCUT2D eigenvalue weighted by atomic mass is 16.2.